The van der Waals surface area contributed by atoms with E-state index in [0.717, 1.165) is 4.90 Å². The van der Waals surface area contributed by atoms with E-state index in [0.29, 0.717) is 0 Å². The van der Waals surface area contributed by atoms with Gasteiger partial charge in [0.2, 0.25) is 0 Å². The third kappa shape index (κ3) is 1.26. The van der Waals surface area contributed by atoms with E-state index in [1.807, 2.05) is 0 Å². The number of hydrogen-bond donors (Lipinski definition) is 1. The molecule has 5 nitrogen and oxygen atoms in total. The molecule has 1 aliphatic heterocycles. The van der Waals surface area contributed by atoms with Crippen molar-refractivity contribution in [2.75, 3.05) is 6.54 Å². The fraction of sp³-hybridized carbons (Fsp3) is 0.167. The molecule has 0 saturated carbocycles. The van der Waals surface area contributed by atoms with Crippen molar-refractivity contribution in [3.8, 4) is 0 Å². The standard InChI is InChI=1S/C6H6N2O3/c7-5(10)6(11)8-3-1-2-4(8)9/h1-2H,3H2,(H2,7,10). The minimum atomic E-state index is -1.11. The lowest BCUT2D eigenvalue weighted by atomic mass is 10.5. The van der Waals surface area contributed by atoms with Crippen molar-refractivity contribution in [2.45, 2.75) is 0 Å². The minimum Gasteiger partial charge on any atom is -0.361 e. The fourth-order valence-corrected chi connectivity index (χ4v) is 0.755. The SMILES string of the molecule is NC(=O)C(=O)N1CC=CC1=O. The number of nitrogens with two attached hydrogens (primary N) is 1. The first kappa shape index (κ1) is 7.46. The Morgan fingerprint density at radius 2 is 2.18 bits per heavy atom. The van der Waals surface area contributed by atoms with Crippen molar-refractivity contribution < 1.29 is 14.4 Å². The van der Waals surface area contributed by atoms with Crippen molar-refractivity contribution in [3.05, 3.63) is 12.2 Å². The largest absolute Gasteiger partial charge is 0.361 e. The third-order valence-corrected chi connectivity index (χ3v) is 1.27. The van der Waals surface area contributed by atoms with Crippen LogP contribution in [0.4, 0.5) is 0 Å². The van der Waals surface area contributed by atoms with Crippen molar-refractivity contribution >= 4 is 17.7 Å². The van der Waals surface area contributed by atoms with Crippen LogP contribution in [0, 0.1) is 0 Å². The zero-order valence-electron chi connectivity index (χ0n) is 5.61. The second kappa shape index (κ2) is 2.53. The van der Waals surface area contributed by atoms with Crippen LogP contribution >= 0.6 is 0 Å². The van der Waals surface area contributed by atoms with Crippen LogP contribution in [0.2, 0.25) is 0 Å². The van der Waals surface area contributed by atoms with Crippen molar-refractivity contribution in [1.82, 2.24) is 4.90 Å². The van der Waals surface area contributed by atoms with E-state index in [9.17, 15) is 14.4 Å². The molecule has 0 bridgehead atoms. The van der Waals surface area contributed by atoms with Crippen LogP contribution in [0.5, 0.6) is 0 Å². The molecule has 3 amide bonds. The minimum absolute atomic E-state index is 0.139. The smallest absolute Gasteiger partial charge is 0.318 e. The molecular weight excluding hydrogens is 148 g/mol. The monoisotopic (exact) mass is 154 g/mol. The summed E-state index contributed by atoms with van der Waals surface area (Å²) in [5.41, 5.74) is 4.67. The number of carbonyl (C=O) groups is 3. The maximum Gasteiger partial charge on any atom is 0.318 e. The summed E-state index contributed by atoms with van der Waals surface area (Å²) in [6.45, 7) is 0.139. The normalized spacial score (nSPS) is 15.6. The first-order valence-corrected chi connectivity index (χ1v) is 2.94. The molecule has 0 fully saturated rings. The van der Waals surface area contributed by atoms with E-state index in [4.69, 9.17) is 0 Å². The molecular formula is C6H6N2O3. The van der Waals surface area contributed by atoms with Gasteiger partial charge in [0.15, 0.2) is 0 Å². The molecule has 5 heteroatoms. The summed E-state index contributed by atoms with van der Waals surface area (Å²) in [7, 11) is 0. The second-order valence-corrected chi connectivity index (χ2v) is 2.02. The Hall–Kier alpha value is -1.65. The molecule has 0 saturated heterocycles. The highest BCUT2D eigenvalue weighted by molar-refractivity contribution is 6.37. The molecule has 2 N–H and O–H groups in total. The van der Waals surface area contributed by atoms with Gasteiger partial charge in [0.05, 0.1) is 0 Å². The number of nitrogens with zero attached hydrogens (tertiary/aromatic N) is 1. The highest BCUT2D eigenvalue weighted by atomic mass is 16.2. The van der Waals surface area contributed by atoms with E-state index >= 15 is 0 Å². The highest BCUT2D eigenvalue weighted by Gasteiger charge is 2.25. The quantitative estimate of drug-likeness (QED) is 0.426. The van der Waals surface area contributed by atoms with Gasteiger partial charge in [-0.05, 0) is 0 Å². The average molecular weight is 154 g/mol. The lowest BCUT2D eigenvalue weighted by molar-refractivity contribution is -0.148. The van der Waals surface area contributed by atoms with Crippen LogP contribution in [0.25, 0.3) is 0 Å². The summed E-state index contributed by atoms with van der Waals surface area (Å²) >= 11 is 0. The summed E-state index contributed by atoms with van der Waals surface area (Å²) in [5.74, 6) is -2.56. The van der Waals surface area contributed by atoms with Gasteiger partial charge in [0, 0.05) is 12.6 Å². The fourth-order valence-electron chi connectivity index (χ4n) is 0.755. The Morgan fingerprint density at radius 1 is 1.55 bits per heavy atom. The maximum atomic E-state index is 10.7. The third-order valence-electron chi connectivity index (χ3n) is 1.27. The van der Waals surface area contributed by atoms with Gasteiger partial charge in [0.1, 0.15) is 0 Å². The summed E-state index contributed by atoms with van der Waals surface area (Å²) in [6.07, 6.45) is 2.71. The Labute approximate surface area is 62.5 Å². The molecule has 0 aromatic carbocycles. The predicted molar refractivity (Wildman–Crippen MR) is 35.1 cm³/mol. The van der Waals surface area contributed by atoms with Crippen molar-refractivity contribution in [1.29, 1.82) is 0 Å². The lowest BCUT2D eigenvalue weighted by Gasteiger charge is -2.09. The van der Waals surface area contributed by atoms with Gasteiger partial charge in [-0.3, -0.25) is 19.3 Å². The molecule has 0 aromatic heterocycles. The molecule has 0 radical (unpaired) electrons. The second-order valence-electron chi connectivity index (χ2n) is 2.02. The van der Waals surface area contributed by atoms with Gasteiger partial charge in [-0.15, -0.1) is 0 Å². The molecule has 0 atom stereocenters. The topological polar surface area (TPSA) is 80.5 Å². The number of carbonyl (C=O) groups excluding carboxylic acids is 3. The Kier molecular flexibility index (Phi) is 1.72. The number of hydrogen-bond acceptors (Lipinski definition) is 3. The van der Waals surface area contributed by atoms with Crippen LogP contribution in [-0.4, -0.2) is 29.2 Å². The number of imide groups is 1. The molecule has 0 unspecified atom stereocenters. The summed E-state index contributed by atoms with van der Waals surface area (Å²) in [6, 6.07) is 0. The van der Waals surface area contributed by atoms with E-state index in [2.05, 4.69) is 5.73 Å². The van der Waals surface area contributed by atoms with Gasteiger partial charge in [-0.25, -0.2) is 0 Å². The van der Waals surface area contributed by atoms with E-state index in [1.165, 1.54) is 12.2 Å². The zero-order valence-corrected chi connectivity index (χ0v) is 5.61. The predicted octanol–water partition coefficient (Wildman–Crippen LogP) is -1.60. The molecule has 1 rings (SSSR count). The van der Waals surface area contributed by atoms with Gasteiger partial charge in [-0.1, -0.05) is 6.08 Å². The van der Waals surface area contributed by atoms with E-state index in [1.54, 1.807) is 0 Å². The van der Waals surface area contributed by atoms with E-state index < -0.39 is 17.7 Å². The Morgan fingerprint density at radius 3 is 2.55 bits per heavy atom. The Bertz CT molecular complexity index is 257. The van der Waals surface area contributed by atoms with Crippen LogP contribution in [0.3, 0.4) is 0 Å². The molecule has 11 heavy (non-hydrogen) atoms. The maximum absolute atomic E-state index is 10.7. The zero-order chi connectivity index (χ0) is 8.43. The number of amides is 3. The molecule has 0 aromatic rings. The summed E-state index contributed by atoms with van der Waals surface area (Å²) in [5, 5.41) is 0. The first-order chi connectivity index (χ1) is 5.13. The summed E-state index contributed by atoms with van der Waals surface area (Å²) in [4.78, 5) is 32.5. The number of rotatable bonds is 0. The molecule has 1 aliphatic rings. The van der Waals surface area contributed by atoms with Gasteiger partial charge < -0.3 is 5.73 Å². The van der Waals surface area contributed by atoms with Crippen LogP contribution in [0.15, 0.2) is 12.2 Å². The van der Waals surface area contributed by atoms with Crippen LogP contribution in [-0.2, 0) is 14.4 Å². The van der Waals surface area contributed by atoms with Crippen molar-refractivity contribution in [2.24, 2.45) is 5.73 Å². The molecule has 58 valence electrons. The highest BCUT2D eigenvalue weighted by Crippen LogP contribution is 2.00. The number of primary amides is 1. The van der Waals surface area contributed by atoms with Crippen molar-refractivity contribution in [3.63, 3.8) is 0 Å². The van der Waals surface area contributed by atoms with Crippen LogP contribution in [0.1, 0.15) is 0 Å². The molecule has 0 spiro atoms. The lowest BCUT2D eigenvalue weighted by Crippen LogP contribution is -2.41. The Balaban J connectivity index is 2.71. The molecule has 0 aliphatic carbocycles. The average Bonchev–Trinajstić information content (AvgIpc) is 2.33. The van der Waals surface area contributed by atoms with Gasteiger partial charge in [0.25, 0.3) is 5.91 Å². The van der Waals surface area contributed by atoms with E-state index in [-0.39, 0.29) is 6.54 Å². The molecule has 1 heterocycles. The van der Waals surface area contributed by atoms with Crippen LogP contribution < -0.4 is 5.73 Å². The summed E-state index contributed by atoms with van der Waals surface area (Å²) < 4.78 is 0. The first-order valence-electron chi connectivity index (χ1n) is 2.94. The van der Waals surface area contributed by atoms with Gasteiger partial charge in [-0.2, -0.15) is 0 Å². The van der Waals surface area contributed by atoms with Gasteiger partial charge >= 0.3 is 11.8 Å².